The van der Waals surface area contributed by atoms with Crippen molar-refractivity contribution >= 4 is 5.91 Å². The molecule has 0 spiro atoms. The van der Waals surface area contributed by atoms with E-state index >= 15 is 0 Å². The molecule has 0 aliphatic heterocycles. The Morgan fingerprint density at radius 3 is 2.44 bits per heavy atom. The summed E-state index contributed by atoms with van der Waals surface area (Å²) in [4.78, 5) is 14.8. The second-order valence-corrected chi connectivity index (χ2v) is 6.18. The Labute approximate surface area is 111 Å². The molecule has 1 amide bonds. The van der Waals surface area contributed by atoms with Gasteiger partial charge in [0.15, 0.2) is 0 Å². The number of carbonyl (C=O) groups is 1. The Morgan fingerprint density at radius 2 is 1.89 bits per heavy atom. The topological polar surface area (TPSA) is 32.3 Å². The summed E-state index contributed by atoms with van der Waals surface area (Å²) in [5.74, 6) is 1.30. The highest BCUT2D eigenvalue weighted by molar-refractivity contribution is 5.79. The Hall–Kier alpha value is -0.570. The molecule has 2 fully saturated rings. The molecule has 2 aliphatic rings. The van der Waals surface area contributed by atoms with Gasteiger partial charge in [-0.2, -0.15) is 0 Å². The van der Waals surface area contributed by atoms with Crippen molar-refractivity contribution in [3.63, 3.8) is 0 Å². The molecule has 0 aromatic carbocycles. The Kier molecular flexibility index (Phi) is 5.04. The molecule has 3 nitrogen and oxygen atoms in total. The van der Waals surface area contributed by atoms with Gasteiger partial charge >= 0.3 is 0 Å². The largest absolute Gasteiger partial charge is 0.339 e. The molecule has 2 rings (SSSR count). The molecule has 0 aromatic rings. The first-order chi connectivity index (χ1) is 8.72. The molecule has 1 atom stereocenters. The van der Waals surface area contributed by atoms with Gasteiger partial charge in [-0.3, -0.25) is 4.79 Å². The molecule has 0 aromatic heterocycles. The van der Waals surface area contributed by atoms with Crippen molar-refractivity contribution < 1.29 is 4.79 Å². The van der Waals surface area contributed by atoms with E-state index in [9.17, 15) is 4.79 Å². The smallest absolute Gasteiger partial charge is 0.226 e. The lowest BCUT2D eigenvalue weighted by atomic mass is 9.93. The monoisotopic (exact) mass is 252 g/mol. The molecule has 104 valence electrons. The summed E-state index contributed by atoms with van der Waals surface area (Å²) >= 11 is 0. The van der Waals surface area contributed by atoms with Gasteiger partial charge in [0, 0.05) is 25.0 Å². The molecular weight excluding hydrogens is 224 g/mol. The van der Waals surface area contributed by atoms with E-state index in [0.717, 1.165) is 19.0 Å². The molecule has 2 aliphatic carbocycles. The van der Waals surface area contributed by atoms with Crippen LogP contribution in [0.25, 0.3) is 0 Å². The van der Waals surface area contributed by atoms with Crippen LogP contribution in [0.15, 0.2) is 0 Å². The highest BCUT2D eigenvalue weighted by Gasteiger charge is 2.33. The van der Waals surface area contributed by atoms with Gasteiger partial charge in [-0.25, -0.2) is 0 Å². The zero-order valence-corrected chi connectivity index (χ0v) is 12.0. The van der Waals surface area contributed by atoms with Crippen LogP contribution in [-0.4, -0.2) is 37.0 Å². The molecule has 0 radical (unpaired) electrons. The summed E-state index contributed by atoms with van der Waals surface area (Å²) in [5.41, 5.74) is 0. The van der Waals surface area contributed by atoms with E-state index in [1.165, 1.54) is 44.9 Å². The van der Waals surface area contributed by atoms with E-state index in [0.29, 0.717) is 11.9 Å². The number of rotatable bonds is 6. The summed E-state index contributed by atoms with van der Waals surface area (Å²) in [7, 11) is 1.93. The predicted molar refractivity (Wildman–Crippen MR) is 74.4 cm³/mol. The Morgan fingerprint density at radius 1 is 1.22 bits per heavy atom. The minimum atomic E-state index is 0.121. The van der Waals surface area contributed by atoms with Crippen LogP contribution in [0, 0.1) is 11.8 Å². The van der Waals surface area contributed by atoms with Crippen molar-refractivity contribution in [2.45, 2.75) is 57.9 Å². The molecule has 1 N–H and O–H groups in total. The quantitative estimate of drug-likeness (QED) is 0.787. The third kappa shape index (κ3) is 3.71. The van der Waals surface area contributed by atoms with Crippen LogP contribution in [0.1, 0.15) is 51.9 Å². The fourth-order valence-corrected chi connectivity index (χ4v) is 3.07. The summed E-state index contributed by atoms with van der Waals surface area (Å²) < 4.78 is 0. The summed E-state index contributed by atoms with van der Waals surface area (Å²) in [5, 5.41) is 3.13. The van der Waals surface area contributed by atoms with Gasteiger partial charge in [-0.1, -0.05) is 26.2 Å². The van der Waals surface area contributed by atoms with Crippen LogP contribution in [0.5, 0.6) is 0 Å². The molecular formula is C15H28N2O. The van der Waals surface area contributed by atoms with Crippen molar-refractivity contribution in [3.8, 4) is 0 Å². The van der Waals surface area contributed by atoms with Crippen LogP contribution < -0.4 is 5.32 Å². The lowest BCUT2D eigenvalue weighted by Gasteiger charge is -2.36. The van der Waals surface area contributed by atoms with E-state index in [4.69, 9.17) is 0 Å². The maximum Gasteiger partial charge on any atom is 0.226 e. The third-order valence-electron chi connectivity index (χ3n) is 4.38. The first-order valence-electron chi connectivity index (χ1n) is 7.67. The van der Waals surface area contributed by atoms with Gasteiger partial charge in [0.05, 0.1) is 0 Å². The fraction of sp³-hybridized carbons (Fsp3) is 0.933. The van der Waals surface area contributed by atoms with Crippen molar-refractivity contribution in [1.29, 1.82) is 0 Å². The first kappa shape index (κ1) is 13.9. The van der Waals surface area contributed by atoms with Crippen molar-refractivity contribution in [2.75, 3.05) is 20.1 Å². The average molecular weight is 252 g/mol. The molecule has 1 unspecified atom stereocenters. The van der Waals surface area contributed by atoms with Crippen LogP contribution in [0.2, 0.25) is 0 Å². The lowest BCUT2D eigenvalue weighted by Crippen LogP contribution is -2.46. The summed E-state index contributed by atoms with van der Waals surface area (Å²) in [6.07, 6.45) is 9.08. The Bertz CT molecular complexity index is 270. The van der Waals surface area contributed by atoms with Gasteiger partial charge in [0.1, 0.15) is 0 Å². The maximum atomic E-state index is 12.6. The zero-order chi connectivity index (χ0) is 13.0. The summed E-state index contributed by atoms with van der Waals surface area (Å²) in [6.45, 7) is 3.88. The van der Waals surface area contributed by atoms with Crippen molar-refractivity contribution in [1.82, 2.24) is 10.2 Å². The molecule has 0 bridgehead atoms. The van der Waals surface area contributed by atoms with E-state index in [1.54, 1.807) is 0 Å². The van der Waals surface area contributed by atoms with Crippen LogP contribution >= 0.6 is 0 Å². The predicted octanol–water partition coefficient (Wildman–Crippen LogP) is 2.41. The number of nitrogens with zero attached hydrogens (tertiary/aromatic N) is 1. The van der Waals surface area contributed by atoms with E-state index in [-0.39, 0.29) is 5.92 Å². The molecule has 0 saturated heterocycles. The minimum absolute atomic E-state index is 0.121. The fourth-order valence-electron chi connectivity index (χ4n) is 3.07. The standard InChI is InChI=1S/C15H28N2O/c1-12(10-16-2)15(18)17(11-13-8-9-13)14-6-4-3-5-7-14/h12-14,16H,3-11H2,1-2H3. The van der Waals surface area contributed by atoms with Crippen LogP contribution in [-0.2, 0) is 4.79 Å². The number of amides is 1. The number of carbonyl (C=O) groups excluding carboxylic acids is 1. The van der Waals surface area contributed by atoms with Crippen molar-refractivity contribution in [3.05, 3.63) is 0 Å². The second kappa shape index (κ2) is 6.55. The third-order valence-corrected chi connectivity index (χ3v) is 4.38. The van der Waals surface area contributed by atoms with Crippen molar-refractivity contribution in [2.24, 2.45) is 11.8 Å². The average Bonchev–Trinajstić information content (AvgIpc) is 3.20. The van der Waals surface area contributed by atoms with Gasteiger partial charge in [0.25, 0.3) is 0 Å². The normalized spacial score (nSPS) is 22.8. The highest BCUT2D eigenvalue weighted by atomic mass is 16.2. The molecule has 2 saturated carbocycles. The van der Waals surface area contributed by atoms with Gasteiger partial charge in [-0.05, 0) is 38.6 Å². The maximum absolute atomic E-state index is 12.6. The number of nitrogens with one attached hydrogen (secondary N) is 1. The van der Waals surface area contributed by atoms with E-state index in [2.05, 4.69) is 17.1 Å². The number of hydrogen-bond acceptors (Lipinski definition) is 2. The van der Waals surface area contributed by atoms with E-state index < -0.39 is 0 Å². The molecule has 18 heavy (non-hydrogen) atoms. The second-order valence-electron chi connectivity index (χ2n) is 6.18. The SMILES string of the molecule is CNCC(C)C(=O)N(CC1CC1)C1CCCCC1. The van der Waals surface area contributed by atoms with E-state index in [1.807, 2.05) is 7.05 Å². The van der Waals surface area contributed by atoms with Gasteiger partial charge < -0.3 is 10.2 Å². The summed E-state index contributed by atoms with van der Waals surface area (Å²) in [6, 6.07) is 0.533. The highest BCUT2D eigenvalue weighted by Crippen LogP contribution is 2.33. The zero-order valence-electron chi connectivity index (χ0n) is 12.0. The van der Waals surface area contributed by atoms with Crippen LogP contribution in [0.4, 0.5) is 0 Å². The lowest BCUT2D eigenvalue weighted by molar-refractivity contribution is -0.138. The Balaban J connectivity index is 1.95. The van der Waals surface area contributed by atoms with Gasteiger partial charge in [0.2, 0.25) is 5.91 Å². The van der Waals surface area contributed by atoms with Crippen LogP contribution in [0.3, 0.4) is 0 Å². The number of hydrogen-bond donors (Lipinski definition) is 1. The molecule has 0 heterocycles. The molecule has 3 heteroatoms. The van der Waals surface area contributed by atoms with Gasteiger partial charge in [-0.15, -0.1) is 0 Å². The first-order valence-corrected chi connectivity index (χ1v) is 7.67. The minimum Gasteiger partial charge on any atom is -0.339 e.